The first-order valence-electron chi connectivity index (χ1n) is 7.24. The van der Waals surface area contributed by atoms with Crippen LogP contribution in [0.1, 0.15) is 91.4 Å². The van der Waals surface area contributed by atoms with Crippen LogP contribution < -0.4 is 0 Å². The number of imidazole rings is 1. The highest BCUT2D eigenvalue weighted by Crippen LogP contribution is 2.34. The lowest BCUT2D eigenvalue weighted by Crippen LogP contribution is -2.19. The molecule has 0 saturated heterocycles. The van der Waals surface area contributed by atoms with Gasteiger partial charge in [0.1, 0.15) is 5.82 Å². The molecular weight excluding hydrogens is 220 g/mol. The van der Waals surface area contributed by atoms with Crippen LogP contribution in [0.5, 0.6) is 0 Å². The van der Waals surface area contributed by atoms with Crippen LogP contribution in [0.15, 0.2) is 0 Å². The molecule has 0 radical (unpaired) electrons. The van der Waals surface area contributed by atoms with E-state index in [1.54, 1.807) is 0 Å². The van der Waals surface area contributed by atoms with Gasteiger partial charge in [0.2, 0.25) is 0 Å². The average molecular weight is 250 g/mol. The minimum absolute atomic E-state index is 0.0876. The molecule has 1 aromatic heterocycles. The van der Waals surface area contributed by atoms with Crippen molar-refractivity contribution in [1.29, 1.82) is 0 Å². The Hall–Kier alpha value is -0.790. The first kappa shape index (κ1) is 15.3. The Kier molecular flexibility index (Phi) is 4.30. The van der Waals surface area contributed by atoms with Crippen LogP contribution in [0.3, 0.4) is 0 Å². The predicted molar refractivity (Wildman–Crippen MR) is 79.3 cm³/mol. The average Bonchev–Trinajstić information content (AvgIpc) is 2.73. The van der Waals surface area contributed by atoms with E-state index in [1.807, 2.05) is 0 Å². The van der Waals surface area contributed by atoms with Crippen molar-refractivity contribution in [2.75, 3.05) is 0 Å². The number of hydrogen-bond donors (Lipinski definition) is 1. The van der Waals surface area contributed by atoms with Gasteiger partial charge in [0.15, 0.2) is 0 Å². The van der Waals surface area contributed by atoms with Crippen molar-refractivity contribution in [3.63, 3.8) is 0 Å². The summed E-state index contributed by atoms with van der Waals surface area (Å²) in [4.78, 5) is 8.54. The Bertz CT molecular complexity index is 394. The zero-order valence-corrected chi connectivity index (χ0v) is 13.4. The quantitative estimate of drug-likeness (QED) is 0.808. The summed E-state index contributed by atoms with van der Waals surface area (Å²) in [6.45, 7) is 18.0. The molecule has 0 aromatic carbocycles. The molecule has 0 aliphatic carbocycles. The molecule has 0 amide bonds. The maximum atomic E-state index is 4.94. The van der Waals surface area contributed by atoms with E-state index < -0.39 is 0 Å². The van der Waals surface area contributed by atoms with Gasteiger partial charge in [-0.15, -0.1) is 0 Å². The van der Waals surface area contributed by atoms with E-state index >= 15 is 0 Å². The highest BCUT2D eigenvalue weighted by atomic mass is 15.0. The fourth-order valence-electron chi connectivity index (χ4n) is 1.99. The molecule has 2 nitrogen and oxygen atoms in total. The zero-order chi connectivity index (χ0) is 14.1. The molecule has 1 heterocycles. The van der Waals surface area contributed by atoms with Crippen LogP contribution in [0, 0.1) is 0 Å². The molecule has 1 N–H and O–H groups in total. The van der Waals surface area contributed by atoms with Crippen molar-refractivity contribution in [2.24, 2.45) is 0 Å². The van der Waals surface area contributed by atoms with E-state index in [0.29, 0.717) is 5.92 Å². The van der Waals surface area contributed by atoms with E-state index in [1.165, 1.54) is 11.4 Å². The van der Waals surface area contributed by atoms with Crippen LogP contribution >= 0.6 is 0 Å². The Morgan fingerprint density at radius 2 is 1.67 bits per heavy atom. The summed E-state index contributed by atoms with van der Waals surface area (Å²) in [6, 6.07) is 0. The molecule has 0 aliphatic heterocycles. The first-order chi connectivity index (χ1) is 8.13. The number of rotatable bonds is 4. The van der Waals surface area contributed by atoms with Gasteiger partial charge in [0, 0.05) is 16.5 Å². The van der Waals surface area contributed by atoms with Gasteiger partial charge in [0.05, 0.1) is 5.69 Å². The van der Waals surface area contributed by atoms with Gasteiger partial charge in [-0.3, -0.25) is 0 Å². The monoisotopic (exact) mass is 250 g/mol. The summed E-state index contributed by atoms with van der Waals surface area (Å²) in [5, 5.41) is 0. The van der Waals surface area contributed by atoms with Crippen LogP contribution in [-0.2, 0) is 10.8 Å². The van der Waals surface area contributed by atoms with Gasteiger partial charge in [-0.1, -0.05) is 55.4 Å². The molecule has 0 spiro atoms. The van der Waals surface area contributed by atoms with Crippen LogP contribution in [0.25, 0.3) is 0 Å². The number of nitrogens with zero attached hydrogens (tertiary/aromatic N) is 1. The summed E-state index contributed by atoms with van der Waals surface area (Å²) >= 11 is 0. The number of hydrogen-bond acceptors (Lipinski definition) is 1. The van der Waals surface area contributed by atoms with E-state index in [9.17, 15) is 0 Å². The molecule has 1 aromatic rings. The first-order valence-corrected chi connectivity index (χ1v) is 7.24. The lowest BCUT2D eigenvalue weighted by atomic mass is 9.83. The normalized spacial score (nSPS) is 14.9. The maximum Gasteiger partial charge on any atom is 0.112 e. The van der Waals surface area contributed by atoms with Crippen molar-refractivity contribution in [1.82, 2.24) is 9.97 Å². The standard InChI is InChI=1S/C16H30N2/c1-9-11(3)12-13(16(7,8)10-2)18-14(17-12)15(4,5)6/h11H,9-10H2,1-8H3,(H,17,18). The van der Waals surface area contributed by atoms with Gasteiger partial charge < -0.3 is 4.98 Å². The number of H-pyrrole nitrogens is 1. The summed E-state index contributed by atoms with van der Waals surface area (Å²) in [6.07, 6.45) is 2.27. The smallest absolute Gasteiger partial charge is 0.112 e. The SMILES string of the molecule is CCC(C)c1[nH]c(C(C)(C)C)nc1C(C)(C)CC. The highest BCUT2D eigenvalue weighted by molar-refractivity contribution is 5.27. The predicted octanol–water partition coefficient (Wildman–Crippen LogP) is 4.91. The minimum atomic E-state index is 0.0876. The lowest BCUT2D eigenvalue weighted by molar-refractivity contribution is 0.477. The van der Waals surface area contributed by atoms with Gasteiger partial charge in [0.25, 0.3) is 0 Å². The van der Waals surface area contributed by atoms with Crippen molar-refractivity contribution < 1.29 is 0 Å². The molecule has 1 unspecified atom stereocenters. The number of nitrogens with one attached hydrogen (secondary N) is 1. The Balaban J connectivity index is 3.35. The summed E-state index contributed by atoms with van der Waals surface area (Å²) in [7, 11) is 0. The van der Waals surface area contributed by atoms with Gasteiger partial charge in [-0.05, 0) is 18.8 Å². The fourth-order valence-corrected chi connectivity index (χ4v) is 1.99. The van der Waals surface area contributed by atoms with Crippen LogP contribution in [0.4, 0.5) is 0 Å². The molecular formula is C16H30N2. The molecule has 0 aliphatic rings. The van der Waals surface area contributed by atoms with Crippen LogP contribution in [0.2, 0.25) is 0 Å². The van der Waals surface area contributed by atoms with Crippen molar-refractivity contribution in [3.05, 3.63) is 17.2 Å². The molecule has 104 valence electrons. The molecule has 1 atom stereocenters. The minimum Gasteiger partial charge on any atom is -0.345 e. The zero-order valence-electron chi connectivity index (χ0n) is 13.4. The summed E-state index contributed by atoms with van der Waals surface area (Å²) < 4.78 is 0. The maximum absolute atomic E-state index is 4.94. The molecule has 2 heteroatoms. The van der Waals surface area contributed by atoms with E-state index in [-0.39, 0.29) is 10.8 Å². The number of aromatic nitrogens is 2. The molecule has 0 fully saturated rings. The Labute approximate surface area is 113 Å². The molecule has 18 heavy (non-hydrogen) atoms. The van der Waals surface area contributed by atoms with Gasteiger partial charge >= 0.3 is 0 Å². The number of aromatic amines is 1. The van der Waals surface area contributed by atoms with E-state index in [0.717, 1.165) is 18.7 Å². The second-order valence-electron chi connectivity index (χ2n) is 7.14. The molecule has 1 rings (SSSR count). The van der Waals surface area contributed by atoms with Crippen molar-refractivity contribution >= 4 is 0 Å². The van der Waals surface area contributed by atoms with Gasteiger partial charge in [-0.25, -0.2) is 4.98 Å². The Morgan fingerprint density at radius 1 is 1.11 bits per heavy atom. The second kappa shape index (κ2) is 5.07. The molecule has 0 saturated carbocycles. The second-order valence-corrected chi connectivity index (χ2v) is 7.14. The van der Waals surface area contributed by atoms with Crippen molar-refractivity contribution in [3.8, 4) is 0 Å². The lowest BCUT2D eigenvalue weighted by Gasteiger charge is -2.23. The third-order valence-electron chi connectivity index (χ3n) is 4.07. The topological polar surface area (TPSA) is 28.7 Å². The highest BCUT2D eigenvalue weighted by Gasteiger charge is 2.30. The molecule has 0 bridgehead atoms. The third kappa shape index (κ3) is 2.96. The largest absolute Gasteiger partial charge is 0.345 e. The van der Waals surface area contributed by atoms with E-state index in [4.69, 9.17) is 4.98 Å². The summed E-state index contributed by atoms with van der Waals surface area (Å²) in [5.41, 5.74) is 2.85. The van der Waals surface area contributed by atoms with Crippen LogP contribution in [-0.4, -0.2) is 9.97 Å². The van der Waals surface area contributed by atoms with Gasteiger partial charge in [-0.2, -0.15) is 0 Å². The van der Waals surface area contributed by atoms with Crippen molar-refractivity contribution in [2.45, 2.75) is 85.0 Å². The third-order valence-corrected chi connectivity index (χ3v) is 4.07. The van der Waals surface area contributed by atoms with E-state index in [2.05, 4.69) is 60.4 Å². The fraction of sp³-hybridized carbons (Fsp3) is 0.812. The summed E-state index contributed by atoms with van der Waals surface area (Å²) in [5.74, 6) is 1.67. The Morgan fingerprint density at radius 3 is 2.06 bits per heavy atom.